The summed E-state index contributed by atoms with van der Waals surface area (Å²) in [5.74, 6) is -0.628. The van der Waals surface area contributed by atoms with E-state index in [1.165, 1.54) is 32.1 Å². The van der Waals surface area contributed by atoms with Crippen molar-refractivity contribution in [2.75, 3.05) is 6.61 Å². The van der Waals surface area contributed by atoms with E-state index in [1.807, 2.05) is 6.92 Å². The average molecular weight is 326 g/mol. The van der Waals surface area contributed by atoms with Crippen LogP contribution < -0.4 is 0 Å². The van der Waals surface area contributed by atoms with E-state index >= 15 is 0 Å². The number of hydrogen-bond donors (Lipinski definition) is 0. The van der Waals surface area contributed by atoms with Crippen LogP contribution in [0.1, 0.15) is 85.5 Å². The molecular formula is C19H34O4. The number of rotatable bonds is 8. The fraction of sp³-hybridized carbons (Fsp3) is 0.947. The zero-order valence-electron chi connectivity index (χ0n) is 15.4. The van der Waals surface area contributed by atoms with Crippen molar-refractivity contribution in [2.24, 2.45) is 17.3 Å². The minimum atomic E-state index is -1.11. The van der Waals surface area contributed by atoms with Gasteiger partial charge in [0, 0.05) is 5.92 Å². The highest BCUT2D eigenvalue weighted by Crippen LogP contribution is 2.46. The van der Waals surface area contributed by atoms with Gasteiger partial charge in [-0.2, -0.15) is 9.78 Å². The van der Waals surface area contributed by atoms with E-state index in [1.54, 1.807) is 0 Å². The van der Waals surface area contributed by atoms with E-state index < -0.39 is 5.79 Å². The number of hydrogen-bond acceptors (Lipinski definition) is 4. The molecule has 0 aromatic rings. The Labute approximate surface area is 141 Å². The fourth-order valence-corrected chi connectivity index (χ4v) is 3.81. The molecular weight excluding hydrogens is 292 g/mol. The predicted octanol–water partition coefficient (Wildman–Crippen LogP) is 5.01. The molecule has 0 bridgehead atoms. The molecule has 1 aliphatic heterocycles. The first-order chi connectivity index (χ1) is 10.9. The Balaban J connectivity index is 1.97. The third-order valence-corrected chi connectivity index (χ3v) is 5.18. The van der Waals surface area contributed by atoms with E-state index in [4.69, 9.17) is 14.5 Å². The van der Waals surface area contributed by atoms with Gasteiger partial charge in [0.25, 0.3) is 0 Å². The van der Waals surface area contributed by atoms with Gasteiger partial charge in [-0.15, -0.1) is 0 Å². The van der Waals surface area contributed by atoms with Crippen molar-refractivity contribution in [1.29, 1.82) is 0 Å². The third-order valence-electron chi connectivity index (χ3n) is 5.18. The first-order valence-corrected chi connectivity index (χ1v) is 9.41. The quantitative estimate of drug-likeness (QED) is 0.357. The number of ether oxygens (including phenoxy) is 1. The van der Waals surface area contributed by atoms with Gasteiger partial charge >= 0.3 is 11.8 Å². The molecule has 1 atom stereocenters. The summed E-state index contributed by atoms with van der Waals surface area (Å²) < 4.78 is 5.20. The average Bonchev–Trinajstić information content (AvgIpc) is 3.28. The summed E-state index contributed by atoms with van der Waals surface area (Å²) in [7, 11) is 0. The predicted molar refractivity (Wildman–Crippen MR) is 89.5 cm³/mol. The molecule has 2 aliphatic rings. The maximum Gasteiger partial charge on any atom is 0.372 e. The molecule has 23 heavy (non-hydrogen) atoms. The van der Waals surface area contributed by atoms with E-state index in [2.05, 4.69) is 20.8 Å². The molecule has 2 rings (SSSR count). The first-order valence-electron chi connectivity index (χ1n) is 9.41. The van der Waals surface area contributed by atoms with Gasteiger partial charge in [0.15, 0.2) is 0 Å². The molecule has 0 amide bonds. The Morgan fingerprint density at radius 3 is 2.39 bits per heavy atom. The van der Waals surface area contributed by atoms with Gasteiger partial charge < -0.3 is 4.74 Å². The molecule has 0 N–H and O–H groups in total. The summed E-state index contributed by atoms with van der Waals surface area (Å²) in [6.45, 7) is 8.96. The van der Waals surface area contributed by atoms with Crippen molar-refractivity contribution in [3.05, 3.63) is 0 Å². The highest BCUT2D eigenvalue weighted by Gasteiger charge is 2.63. The van der Waals surface area contributed by atoms with Gasteiger partial charge in [0.2, 0.25) is 0 Å². The van der Waals surface area contributed by atoms with Crippen LogP contribution in [0, 0.1) is 17.3 Å². The second-order valence-corrected chi connectivity index (χ2v) is 8.44. The third kappa shape index (κ3) is 5.46. The molecule has 4 heteroatoms. The molecule has 0 aromatic heterocycles. The molecule has 1 aliphatic carbocycles. The minimum Gasteiger partial charge on any atom is -0.462 e. The second-order valence-electron chi connectivity index (χ2n) is 8.44. The summed E-state index contributed by atoms with van der Waals surface area (Å²) in [6, 6.07) is 0. The fourth-order valence-electron chi connectivity index (χ4n) is 3.81. The van der Waals surface area contributed by atoms with Crippen LogP contribution in [-0.4, -0.2) is 18.4 Å². The molecule has 0 spiro atoms. The molecule has 1 saturated carbocycles. The zero-order chi connectivity index (χ0) is 16.9. The number of carbonyl (C=O) groups is 1. The zero-order valence-corrected chi connectivity index (χ0v) is 15.4. The van der Waals surface area contributed by atoms with Crippen molar-refractivity contribution in [3.63, 3.8) is 0 Å². The van der Waals surface area contributed by atoms with Gasteiger partial charge in [-0.3, -0.25) is 0 Å². The lowest BCUT2D eigenvalue weighted by molar-refractivity contribution is -0.153. The Hall–Kier alpha value is -0.610. The van der Waals surface area contributed by atoms with Crippen LogP contribution in [0.25, 0.3) is 0 Å². The van der Waals surface area contributed by atoms with Gasteiger partial charge in [-0.05, 0) is 37.5 Å². The largest absolute Gasteiger partial charge is 0.462 e. The Kier molecular flexibility index (Phi) is 6.49. The van der Waals surface area contributed by atoms with Crippen LogP contribution in [0.15, 0.2) is 0 Å². The Morgan fingerprint density at radius 2 is 1.87 bits per heavy atom. The van der Waals surface area contributed by atoms with Crippen molar-refractivity contribution in [2.45, 2.75) is 91.3 Å². The summed E-state index contributed by atoms with van der Waals surface area (Å²) in [6.07, 6.45) is 10.7. The molecule has 1 unspecified atom stereocenters. The maximum atomic E-state index is 12.3. The molecule has 2 fully saturated rings. The van der Waals surface area contributed by atoms with Gasteiger partial charge in [0.1, 0.15) is 0 Å². The summed E-state index contributed by atoms with van der Waals surface area (Å²) in [4.78, 5) is 22.7. The maximum absolute atomic E-state index is 12.3. The lowest BCUT2D eigenvalue weighted by atomic mass is 9.77. The first kappa shape index (κ1) is 18.7. The van der Waals surface area contributed by atoms with E-state index in [0.29, 0.717) is 17.9 Å². The molecule has 4 nitrogen and oxygen atoms in total. The molecule has 0 aromatic carbocycles. The molecule has 0 radical (unpaired) electrons. The highest BCUT2D eigenvalue weighted by molar-refractivity contribution is 5.79. The van der Waals surface area contributed by atoms with Crippen molar-refractivity contribution >= 4 is 5.97 Å². The van der Waals surface area contributed by atoms with Gasteiger partial charge in [-0.25, -0.2) is 4.79 Å². The normalized spacial score (nSPS) is 22.6. The van der Waals surface area contributed by atoms with Crippen molar-refractivity contribution < 1.29 is 19.3 Å². The van der Waals surface area contributed by atoms with Gasteiger partial charge in [0.05, 0.1) is 6.61 Å². The number of carbonyl (C=O) groups excluding carboxylic acids is 1. The molecule has 134 valence electrons. The van der Waals surface area contributed by atoms with E-state index in [0.717, 1.165) is 25.7 Å². The van der Waals surface area contributed by atoms with E-state index in [-0.39, 0.29) is 11.9 Å². The molecule has 1 saturated heterocycles. The van der Waals surface area contributed by atoms with Gasteiger partial charge in [-0.1, -0.05) is 59.3 Å². The minimum absolute atomic E-state index is 0.118. The van der Waals surface area contributed by atoms with Crippen molar-refractivity contribution in [1.82, 2.24) is 0 Å². The van der Waals surface area contributed by atoms with Crippen LogP contribution in [0.2, 0.25) is 0 Å². The lowest BCUT2D eigenvalue weighted by Crippen LogP contribution is -2.36. The second kappa shape index (κ2) is 7.98. The topological polar surface area (TPSA) is 51.4 Å². The highest BCUT2D eigenvalue weighted by atomic mass is 17.4. The monoisotopic (exact) mass is 326 g/mol. The van der Waals surface area contributed by atoms with E-state index in [9.17, 15) is 4.79 Å². The Morgan fingerprint density at radius 1 is 1.22 bits per heavy atom. The van der Waals surface area contributed by atoms with Crippen molar-refractivity contribution in [3.8, 4) is 0 Å². The lowest BCUT2D eigenvalue weighted by Gasteiger charge is -2.28. The number of esters is 1. The standard InChI is InChI=1S/C19H34O4/c1-5-21-17(20)19(22-23-19)16(12-9-13-18(2,3)4)14-15-10-7-6-8-11-15/h15-16H,5-14H2,1-4H3. The summed E-state index contributed by atoms with van der Waals surface area (Å²) in [5, 5.41) is 0. The van der Waals surface area contributed by atoms with Crippen LogP contribution in [0.3, 0.4) is 0 Å². The van der Waals surface area contributed by atoms with Crippen LogP contribution in [-0.2, 0) is 19.3 Å². The van der Waals surface area contributed by atoms with Crippen LogP contribution >= 0.6 is 0 Å². The SMILES string of the molecule is CCOC(=O)C1(C(CCCC(C)(C)C)CC2CCCCC2)OO1. The molecule has 1 heterocycles. The van der Waals surface area contributed by atoms with Crippen LogP contribution in [0.5, 0.6) is 0 Å². The smallest absolute Gasteiger partial charge is 0.372 e. The van der Waals surface area contributed by atoms with Crippen LogP contribution in [0.4, 0.5) is 0 Å². The summed E-state index contributed by atoms with van der Waals surface area (Å²) in [5.41, 5.74) is 0.317. The summed E-state index contributed by atoms with van der Waals surface area (Å²) >= 11 is 0. The Bertz CT molecular complexity index is 375.